The van der Waals surface area contributed by atoms with Crippen molar-refractivity contribution in [1.29, 1.82) is 0 Å². The average Bonchev–Trinajstić information content (AvgIpc) is 2.21. The highest BCUT2D eigenvalue weighted by atomic mass is 16.5. The van der Waals surface area contributed by atoms with Gasteiger partial charge in [0.2, 0.25) is 0 Å². The molecule has 0 aromatic rings. The largest absolute Gasteiger partial charge is 0.381 e. The Hall–Kier alpha value is -0.0800. The van der Waals surface area contributed by atoms with Gasteiger partial charge in [-0.05, 0) is 12.8 Å². The fourth-order valence-corrected chi connectivity index (χ4v) is 1.27. The fourth-order valence-electron chi connectivity index (χ4n) is 1.27. The summed E-state index contributed by atoms with van der Waals surface area (Å²) in [5.74, 6) is 0. The minimum Gasteiger partial charge on any atom is -0.381 e. The Bertz CT molecular complexity index is 86.1. The summed E-state index contributed by atoms with van der Waals surface area (Å²) in [6.07, 6.45) is 6.67. The molecule has 80 valence electrons. The summed E-state index contributed by atoms with van der Waals surface area (Å²) in [4.78, 5) is 0. The molecule has 0 saturated carbocycles. The summed E-state index contributed by atoms with van der Waals surface area (Å²) < 4.78 is 10.2. The van der Waals surface area contributed by atoms with Crippen molar-refractivity contribution < 1.29 is 9.47 Å². The van der Waals surface area contributed by atoms with E-state index in [4.69, 9.17) is 9.47 Å². The molecule has 0 amide bonds. The summed E-state index contributed by atoms with van der Waals surface area (Å²) in [5, 5.41) is 0. The Morgan fingerprint density at radius 1 is 1.15 bits per heavy atom. The number of hydrogen-bond donors (Lipinski definition) is 0. The van der Waals surface area contributed by atoms with Crippen molar-refractivity contribution in [3.8, 4) is 0 Å². The first-order valence-electron chi connectivity index (χ1n) is 5.45. The van der Waals surface area contributed by atoms with E-state index in [1.807, 2.05) is 0 Å². The Balaban J connectivity index is 0.000000252. The van der Waals surface area contributed by atoms with Crippen molar-refractivity contribution in [2.75, 3.05) is 20.3 Å². The Labute approximate surface area is 82.6 Å². The van der Waals surface area contributed by atoms with E-state index in [0.29, 0.717) is 6.10 Å². The molecule has 0 unspecified atom stereocenters. The van der Waals surface area contributed by atoms with Gasteiger partial charge >= 0.3 is 0 Å². The van der Waals surface area contributed by atoms with Crippen LogP contribution in [0.25, 0.3) is 0 Å². The third-order valence-corrected chi connectivity index (χ3v) is 2.21. The van der Waals surface area contributed by atoms with Crippen LogP contribution >= 0.6 is 0 Å². The van der Waals surface area contributed by atoms with Crippen molar-refractivity contribution in [2.45, 2.75) is 52.1 Å². The number of hydrogen-bond acceptors (Lipinski definition) is 2. The highest BCUT2D eigenvalue weighted by Gasteiger charge is 2.10. The molecule has 1 aliphatic rings. The second-order valence-corrected chi connectivity index (χ2v) is 3.40. The highest BCUT2D eigenvalue weighted by Crippen LogP contribution is 2.08. The second-order valence-electron chi connectivity index (χ2n) is 3.40. The molecule has 0 radical (unpaired) electrons. The lowest BCUT2D eigenvalue weighted by molar-refractivity contribution is -0.00998. The number of rotatable bonds is 3. The molecule has 0 spiro atoms. The van der Waals surface area contributed by atoms with Crippen LogP contribution in [0.15, 0.2) is 0 Å². The second kappa shape index (κ2) is 10.0. The van der Waals surface area contributed by atoms with Crippen molar-refractivity contribution in [3.05, 3.63) is 0 Å². The molecular weight excluding hydrogens is 164 g/mol. The van der Waals surface area contributed by atoms with Crippen LogP contribution in [0.5, 0.6) is 0 Å². The van der Waals surface area contributed by atoms with Gasteiger partial charge in [0.25, 0.3) is 0 Å². The molecule has 1 rings (SSSR count). The van der Waals surface area contributed by atoms with Gasteiger partial charge in [0, 0.05) is 20.3 Å². The molecular formula is C11H24O2. The maximum Gasteiger partial charge on any atom is 0.0615 e. The van der Waals surface area contributed by atoms with Gasteiger partial charge in [0.05, 0.1) is 6.10 Å². The number of methoxy groups -OCH3 is 1. The van der Waals surface area contributed by atoms with Crippen molar-refractivity contribution in [2.24, 2.45) is 0 Å². The van der Waals surface area contributed by atoms with Gasteiger partial charge in [-0.2, -0.15) is 0 Å². The summed E-state index contributed by atoms with van der Waals surface area (Å²) in [6, 6.07) is 0. The van der Waals surface area contributed by atoms with Gasteiger partial charge in [0.1, 0.15) is 0 Å². The molecule has 1 heterocycles. The maximum absolute atomic E-state index is 5.12. The lowest BCUT2D eigenvalue weighted by Crippen LogP contribution is -2.21. The van der Waals surface area contributed by atoms with E-state index in [0.717, 1.165) is 26.1 Å². The van der Waals surface area contributed by atoms with Gasteiger partial charge in [-0.15, -0.1) is 0 Å². The summed E-state index contributed by atoms with van der Waals surface area (Å²) in [5.41, 5.74) is 0. The molecule has 0 aromatic heterocycles. The van der Waals surface area contributed by atoms with E-state index < -0.39 is 0 Å². The average molecular weight is 188 g/mol. The Morgan fingerprint density at radius 2 is 1.69 bits per heavy atom. The lowest BCUT2D eigenvalue weighted by atomic mass is 10.2. The monoisotopic (exact) mass is 188 g/mol. The summed E-state index contributed by atoms with van der Waals surface area (Å²) >= 11 is 0. The van der Waals surface area contributed by atoms with E-state index in [-0.39, 0.29) is 0 Å². The van der Waals surface area contributed by atoms with Crippen LogP contribution in [0.3, 0.4) is 0 Å². The molecule has 1 fully saturated rings. The molecule has 2 nitrogen and oxygen atoms in total. The van der Waals surface area contributed by atoms with Crippen LogP contribution in [0.1, 0.15) is 46.0 Å². The first kappa shape index (κ1) is 12.9. The van der Waals surface area contributed by atoms with Gasteiger partial charge in [-0.3, -0.25) is 0 Å². The fraction of sp³-hybridized carbons (Fsp3) is 1.00. The minimum atomic E-state index is 0.462. The van der Waals surface area contributed by atoms with Gasteiger partial charge in [-0.25, -0.2) is 0 Å². The Kier molecular flexibility index (Phi) is 9.94. The van der Waals surface area contributed by atoms with E-state index >= 15 is 0 Å². The molecule has 13 heavy (non-hydrogen) atoms. The van der Waals surface area contributed by atoms with Crippen LogP contribution < -0.4 is 0 Å². The van der Waals surface area contributed by atoms with Crippen LogP contribution in [-0.4, -0.2) is 26.4 Å². The van der Waals surface area contributed by atoms with Crippen LogP contribution in [0, 0.1) is 0 Å². The zero-order valence-corrected chi connectivity index (χ0v) is 9.34. The van der Waals surface area contributed by atoms with E-state index in [9.17, 15) is 0 Å². The SMILES string of the molecule is CCCCC.COC1CCOCC1. The third-order valence-electron chi connectivity index (χ3n) is 2.21. The molecule has 0 N–H and O–H groups in total. The maximum atomic E-state index is 5.12. The molecule has 0 aromatic carbocycles. The number of ether oxygens (including phenoxy) is 2. The lowest BCUT2D eigenvalue weighted by Gasteiger charge is -2.19. The van der Waals surface area contributed by atoms with Gasteiger partial charge in [0.15, 0.2) is 0 Å². The Morgan fingerprint density at radius 3 is 1.92 bits per heavy atom. The zero-order valence-electron chi connectivity index (χ0n) is 9.34. The quantitative estimate of drug-likeness (QED) is 0.678. The first-order valence-corrected chi connectivity index (χ1v) is 5.45. The zero-order chi connectivity index (χ0) is 9.94. The predicted molar refractivity (Wildman–Crippen MR) is 56.0 cm³/mol. The van der Waals surface area contributed by atoms with E-state index in [2.05, 4.69) is 13.8 Å². The predicted octanol–water partition coefficient (Wildman–Crippen LogP) is 3.01. The normalized spacial score (nSPS) is 17.8. The van der Waals surface area contributed by atoms with Crippen molar-refractivity contribution in [3.63, 3.8) is 0 Å². The van der Waals surface area contributed by atoms with Gasteiger partial charge < -0.3 is 9.47 Å². The number of unbranched alkanes of at least 4 members (excludes halogenated alkanes) is 2. The van der Waals surface area contributed by atoms with Crippen molar-refractivity contribution >= 4 is 0 Å². The summed E-state index contributed by atoms with van der Waals surface area (Å²) in [6.45, 7) is 6.17. The van der Waals surface area contributed by atoms with Crippen LogP contribution in [-0.2, 0) is 9.47 Å². The first-order chi connectivity index (χ1) is 6.35. The topological polar surface area (TPSA) is 18.5 Å². The highest BCUT2D eigenvalue weighted by molar-refractivity contribution is 4.60. The molecule has 0 bridgehead atoms. The van der Waals surface area contributed by atoms with Crippen LogP contribution in [0.4, 0.5) is 0 Å². The molecule has 1 saturated heterocycles. The van der Waals surface area contributed by atoms with E-state index in [1.54, 1.807) is 7.11 Å². The van der Waals surface area contributed by atoms with Crippen molar-refractivity contribution in [1.82, 2.24) is 0 Å². The molecule has 1 aliphatic heterocycles. The minimum absolute atomic E-state index is 0.462. The smallest absolute Gasteiger partial charge is 0.0615 e. The van der Waals surface area contributed by atoms with Crippen LogP contribution in [0.2, 0.25) is 0 Å². The molecule has 0 aliphatic carbocycles. The molecule has 0 atom stereocenters. The third kappa shape index (κ3) is 8.26. The molecule has 2 heteroatoms. The standard InChI is InChI=1S/C6H12O2.C5H12/c1-7-6-2-4-8-5-3-6;1-3-5-4-2/h6H,2-5H2,1H3;3-5H2,1-2H3. The van der Waals surface area contributed by atoms with E-state index in [1.165, 1.54) is 19.3 Å². The van der Waals surface area contributed by atoms with Gasteiger partial charge in [-0.1, -0.05) is 33.1 Å². The summed E-state index contributed by atoms with van der Waals surface area (Å²) in [7, 11) is 1.76.